The Labute approximate surface area is 119 Å². The topological polar surface area (TPSA) is 104 Å². The van der Waals surface area contributed by atoms with Crippen molar-refractivity contribution in [2.75, 3.05) is 5.73 Å². The van der Waals surface area contributed by atoms with Gasteiger partial charge < -0.3 is 10.5 Å². The Morgan fingerprint density at radius 1 is 1.35 bits per heavy atom. The number of nitrogens with zero attached hydrogens (tertiary/aromatic N) is 3. The summed E-state index contributed by atoms with van der Waals surface area (Å²) in [6, 6.07) is 2.99. The van der Waals surface area contributed by atoms with E-state index in [2.05, 4.69) is 9.97 Å². The first-order valence-electron chi connectivity index (χ1n) is 5.60. The predicted octanol–water partition coefficient (Wildman–Crippen LogP) is 3.03. The van der Waals surface area contributed by atoms with Gasteiger partial charge >= 0.3 is 0 Å². The molecule has 8 heteroatoms. The van der Waals surface area contributed by atoms with E-state index >= 15 is 0 Å². The molecule has 7 nitrogen and oxygen atoms in total. The standard InChI is InChI=1S/C12H11ClN4O3/c1-6-3-7(2)10(4-9(6)17(18)19)20-11-8(13)5-15-12(14)16-11/h3-5H,1-2H3,(H2,14,15,16). The van der Waals surface area contributed by atoms with Gasteiger partial charge in [-0.2, -0.15) is 4.98 Å². The van der Waals surface area contributed by atoms with E-state index in [4.69, 9.17) is 22.1 Å². The van der Waals surface area contributed by atoms with Gasteiger partial charge in [0, 0.05) is 5.56 Å². The average Bonchev–Trinajstić information content (AvgIpc) is 2.36. The molecule has 0 aliphatic rings. The zero-order valence-electron chi connectivity index (χ0n) is 10.8. The number of rotatable bonds is 3. The summed E-state index contributed by atoms with van der Waals surface area (Å²) in [4.78, 5) is 18.0. The molecule has 2 rings (SSSR count). The number of aromatic nitrogens is 2. The van der Waals surface area contributed by atoms with Crippen LogP contribution in [0.3, 0.4) is 0 Å². The molecule has 1 aromatic heterocycles. The van der Waals surface area contributed by atoms with Crippen molar-refractivity contribution in [3.8, 4) is 11.6 Å². The lowest BCUT2D eigenvalue weighted by molar-refractivity contribution is -0.385. The molecule has 0 fully saturated rings. The number of aryl methyl sites for hydroxylation is 2. The zero-order valence-corrected chi connectivity index (χ0v) is 11.5. The predicted molar refractivity (Wildman–Crippen MR) is 74.1 cm³/mol. The van der Waals surface area contributed by atoms with Crippen molar-refractivity contribution < 1.29 is 9.66 Å². The molecule has 0 spiro atoms. The van der Waals surface area contributed by atoms with Crippen LogP contribution in [0.15, 0.2) is 18.3 Å². The average molecular weight is 295 g/mol. The largest absolute Gasteiger partial charge is 0.437 e. The van der Waals surface area contributed by atoms with Crippen LogP contribution in [0.25, 0.3) is 0 Å². The first-order chi connectivity index (χ1) is 9.38. The third-order valence-corrected chi connectivity index (χ3v) is 2.89. The van der Waals surface area contributed by atoms with Crippen LogP contribution in [0.5, 0.6) is 11.6 Å². The minimum atomic E-state index is -0.475. The Balaban J connectivity index is 2.45. The molecule has 0 saturated carbocycles. The van der Waals surface area contributed by atoms with E-state index in [1.165, 1.54) is 12.3 Å². The fraction of sp³-hybridized carbons (Fsp3) is 0.167. The monoisotopic (exact) mass is 294 g/mol. The van der Waals surface area contributed by atoms with Gasteiger partial charge in [-0.25, -0.2) is 4.98 Å². The van der Waals surface area contributed by atoms with Crippen LogP contribution in [0.2, 0.25) is 5.02 Å². The Kier molecular flexibility index (Phi) is 3.71. The second-order valence-corrected chi connectivity index (χ2v) is 4.55. The van der Waals surface area contributed by atoms with Crippen LogP contribution in [0.4, 0.5) is 11.6 Å². The first kappa shape index (κ1) is 14.0. The normalized spacial score (nSPS) is 10.3. The Bertz CT molecular complexity index is 691. The number of anilines is 1. The fourth-order valence-electron chi connectivity index (χ4n) is 1.67. The summed E-state index contributed by atoms with van der Waals surface area (Å²) in [5.74, 6) is 0.353. The molecule has 0 aliphatic carbocycles. The lowest BCUT2D eigenvalue weighted by atomic mass is 10.1. The molecule has 2 aromatic rings. The molecule has 0 amide bonds. The molecular weight excluding hydrogens is 284 g/mol. The molecule has 0 atom stereocenters. The maximum atomic E-state index is 10.9. The highest BCUT2D eigenvalue weighted by Crippen LogP contribution is 2.33. The van der Waals surface area contributed by atoms with Crippen LogP contribution in [-0.2, 0) is 0 Å². The summed E-state index contributed by atoms with van der Waals surface area (Å²) in [5, 5.41) is 11.1. The van der Waals surface area contributed by atoms with Crippen molar-refractivity contribution in [1.29, 1.82) is 0 Å². The smallest absolute Gasteiger partial charge is 0.276 e. The number of nitrogens with two attached hydrogens (primary N) is 1. The highest BCUT2D eigenvalue weighted by molar-refractivity contribution is 6.31. The van der Waals surface area contributed by atoms with E-state index < -0.39 is 4.92 Å². The van der Waals surface area contributed by atoms with Gasteiger partial charge in [0.05, 0.1) is 17.2 Å². The van der Waals surface area contributed by atoms with Gasteiger partial charge in [-0.1, -0.05) is 11.6 Å². The van der Waals surface area contributed by atoms with Crippen LogP contribution >= 0.6 is 11.6 Å². The Morgan fingerprint density at radius 3 is 2.70 bits per heavy atom. The third-order valence-electron chi connectivity index (χ3n) is 2.63. The fourth-order valence-corrected chi connectivity index (χ4v) is 1.80. The van der Waals surface area contributed by atoms with Crippen LogP contribution in [0, 0.1) is 24.0 Å². The van der Waals surface area contributed by atoms with Crippen LogP contribution < -0.4 is 10.5 Å². The van der Waals surface area contributed by atoms with Crippen molar-refractivity contribution in [3.05, 3.63) is 44.6 Å². The second-order valence-electron chi connectivity index (χ2n) is 4.14. The van der Waals surface area contributed by atoms with Crippen molar-refractivity contribution in [2.24, 2.45) is 0 Å². The molecular formula is C12H11ClN4O3. The van der Waals surface area contributed by atoms with Crippen molar-refractivity contribution in [2.45, 2.75) is 13.8 Å². The lowest BCUT2D eigenvalue weighted by Gasteiger charge is -2.10. The highest BCUT2D eigenvalue weighted by atomic mass is 35.5. The molecule has 1 aromatic carbocycles. The number of nitro benzene ring substituents is 1. The third kappa shape index (κ3) is 2.77. The minimum Gasteiger partial charge on any atom is -0.437 e. The lowest BCUT2D eigenvalue weighted by Crippen LogP contribution is -1.99. The molecule has 0 aliphatic heterocycles. The van der Waals surface area contributed by atoms with Crippen LogP contribution in [0.1, 0.15) is 11.1 Å². The number of nitro groups is 1. The van der Waals surface area contributed by atoms with Gasteiger partial charge in [0.25, 0.3) is 5.69 Å². The molecule has 0 unspecified atom stereocenters. The van der Waals surface area contributed by atoms with Gasteiger partial charge in [0.2, 0.25) is 11.8 Å². The number of benzene rings is 1. The van der Waals surface area contributed by atoms with Crippen LogP contribution in [-0.4, -0.2) is 14.9 Å². The van der Waals surface area contributed by atoms with Crippen molar-refractivity contribution >= 4 is 23.2 Å². The maximum Gasteiger partial charge on any atom is 0.276 e. The summed E-state index contributed by atoms with van der Waals surface area (Å²) >= 11 is 5.89. The molecule has 0 bridgehead atoms. The number of hydrogen-bond donors (Lipinski definition) is 1. The molecule has 0 radical (unpaired) electrons. The Morgan fingerprint density at radius 2 is 2.05 bits per heavy atom. The molecule has 0 saturated heterocycles. The van der Waals surface area contributed by atoms with Gasteiger partial charge in [-0.05, 0) is 25.5 Å². The van der Waals surface area contributed by atoms with E-state index in [0.717, 1.165) is 5.56 Å². The summed E-state index contributed by atoms with van der Waals surface area (Å²) < 4.78 is 5.50. The van der Waals surface area contributed by atoms with E-state index in [0.29, 0.717) is 11.3 Å². The van der Waals surface area contributed by atoms with Gasteiger partial charge in [0.1, 0.15) is 10.8 Å². The summed E-state index contributed by atoms with van der Waals surface area (Å²) in [5.41, 5.74) is 6.69. The van der Waals surface area contributed by atoms with Gasteiger partial charge in [0.15, 0.2) is 0 Å². The number of ether oxygens (including phenoxy) is 1. The number of nitrogen functional groups attached to an aromatic ring is 1. The number of hydrogen-bond acceptors (Lipinski definition) is 6. The van der Waals surface area contributed by atoms with E-state index in [1.807, 2.05) is 0 Å². The summed E-state index contributed by atoms with van der Waals surface area (Å²) in [6.45, 7) is 3.43. The van der Waals surface area contributed by atoms with E-state index in [9.17, 15) is 10.1 Å². The van der Waals surface area contributed by atoms with E-state index in [1.54, 1.807) is 19.9 Å². The molecule has 20 heavy (non-hydrogen) atoms. The SMILES string of the molecule is Cc1cc(C)c([N+](=O)[O-])cc1Oc1nc(N)ncc1Cl. The maximum absolute atomic E-state index is 10.9. The highest BCUT2D eigenvalue weighted by Gasteiger charge is 2.16. The molecule has 104 valence electrons. The molecule has 1 heterocycles. The van der Waals surface area contributed by atoms with Gasteiger partial charge in [-0.15, -0.1) is 0 Å². The zero-order chi connectivity index (χ0) is 14.9. The second kappa shape index (κ2) is 5.30. The van der Waals surface area contributed by atoms with Gasteiger partial charge in [-0.3, -0.25) is 10.1 Å². The first-order valence-corrected chi connectivity index (χ1v) is 5.98. The Hall–Kier alpha value is -2.41. The summed E-state index contributed by atoms with van der Waals surface area (Å²) in [6.07, 6.45) is 1.30. The van der Waals surface area contributed by atoms with Crippen molar-refractivity contribution in [3.63, 3.8) is 0 Å². The number of halogens is 1. The van der Waals surface area contributed by atoms with Crippen molar-refractivity contribution in [1.82, 2.24) is 9.97 Å². The quantitative estimate of drug-likeness (QED) is 0.689. The van der Waals surface area contributed by atoms with E-state index in [-0.39, 0.29) is 22.5 Å². The molecule has 2 N–H and O–H groups in total. The minimum absolute atomic E-state index is 0.00339. The summed E-state index contributed by atoms with van der Waals surface area (Å²) in [7, 11) is 0.